The largest absolute Gasteiger partial charge is 0.378 e. The Kier molecular flexibility index (Phi) is 5.79. The highest BCUT2D eigenvalue weighted by atomic mass is 35.5. The molecular weight excluding hydrogens is 309 g/mol. The number of hydrogen-bond donors (Lipinski definition) is 1. The Bertz CT molecular complexity index is 620. The molecule has 2 rings (SSSR count). The van der Waals surface area contributed by atoms with E-state index >= 15 is 0 Å². The first-order chi connectivity index (χ1) is 10.2. The number of aromatic nitrogens is 2. The third-order valence-electron chi connectivity index (χ3n) is 2.82. The third-order valence-corrected chi connectivity index (χ3v) is 3.64. The molecule has 0 unspecified atom stereocenters. The van der Waals surface area contributed by atoms with Crippen molar-refractivity contribution in [2.45, 2.75) is 20.0 Å². The van der Waals surface area contributed by atoms with Crippen molar-refractivity contribution < 1.29 is 4.74 Å². The second-order valence-corrected chi connectivity index (χ2v) is 5.31. The molecule has 0 radical (unpaired) electrons. The topological polar surface area (TPSA) is 47.0 Å². The second kappa shape index (κ2) is 7.59. The van der Waals surface area contributed by atoms with Crippen LogP contribution in [0, 0.1) is 0 Å². The van der Waals surface area contributed by atoms with Gasteiger partial charge in [-0.2, -0.15) is 0 Å². The first kappa shape index (κ1) is 16.0. The summed E-state index contributed by atoms with van der Waals surface area (Å²) in [6, 6.07) is 7.29. The van der Waals surface area contributed by atoms with E-state index in [1.54, 1.807) is 13.2 Å². The lowest BCUT2D eigenvalue weighted by Gasteiger charge is -2.10. The Balaban J connectivity index is 2.45. The van der Waals surface area contributed by atoms with E-state index in [1.165, 1.54) is 0 Å². The smallest absolute Gasteiger partial charge is 0.163 e. The highest BCUT2D eigenvalue weighted by Crippen LogP contribution is 2.32. The van der Waals surface area contributed by atoms with Gasteiger partial charge in [0.05, 0.1) is 22.3 Å². The number of nitrogens with zero attached hydrogens (tertiary/aromatic N) is 2. The predicted molar refractivity (Wildman–Crippen MR) is 87.0 cm³/mol. The van der Waals surface area contributed by atoms with E-state index < -0.39 is 0 Å². The van der Waals surface area contributed by atoms with Gasteiger partial charge in [-0.25, -0.2) is 9.97 Å². The van der Waals surface area contributed by atoms with Crippen LogP contribution in [0.5, 0.6) is 0 Å². The molecule has 0 aliphatic rings. The summed E-state index contributed by atoms with van der Waals surface area (Å²) in [6.07, 6.45) is 1.01. The molecule has 0 bridgehead atoms. The van der Waals surface area contributed by atoms with Crippen molar-refractivity contribution >= 4 is 29.0 Å². The lowest BCUT2D eigenvalue weighted by Crippen LogP contribution is -2.06. The van der Waals surface area contributed by atoms with Crippen LogP contribution in [-0.2, 0) is 11.3 Å². The van der Waals surface area contributed by atoms with E-state index in [4.69, 9.17) is 27.9 Å². The first-order valence-electron chi connectivity index (χ1n) is 6.70. The number of rotatable bonds is 6. The van der Waals surface area contributed by atoms with Crippen molar-refractivity contribution in [1.82, 2.24) is 9.97 Å². The third kappa shape index (κ3) is 4.06. The zero-order chi connectivity index (χ0) is 15.2. The van der Waals surface area contributed by atoms with Crippen molar-refractivity contribution in [3.8, 4) is 11.4 Å². The lowest BCUT2D eigenvalue weighted by atomic mass is 10.2. The van der Waals surface area contributed by atoms with E-state index in [0.29, 0.717) is 28.0 Å². The number of halogens is 2. The molecule has 0 saturated carbocycles. The maximum absolute atomic E-state index is 6.25. The number of anilines is 1. The van der Waals surface area contributed by atoms with Crippen molar-refractivity contribution in [2.24, 2.45) is 0 Å². The molecule has 0 atom stereocenters. The zero-order valence-corrected chi connectivity index (χ0v) is 13.5. The highest BCUT2D eigenvalue weighted by molar-refractivity contribution is 6.43. The molecule has 6 heteroatoms. The summed E-state index contributed by atoms with van der Waals surface area (Å²) in [6.45, 7) is 3.35. The van der Waals surface area contributed by atoms with Gasteiger partial charge in [-0.15, -0.1) is 0 Å². The SMILES string of the molecule is CCCNc1cc(COC)nc(-c2cccc(Cl)c2Cl)n1. The fourth-order valence-corrected chi connectivity index (χ4v) is 2.24. The summed E-state index contributed by atoms with van der Waals surface area (Å²) in [5.74, 6) is 1.29. The van der Waals surface area contributed by atoms with Gasteiger partial charge in [-0.1, -0.05) is 36.2 Å². The van der Waals surface area contributed by atoms with Gasteiger partial charge in [-0.3, -0.25) is 0 Å². The number of ether oxygens (including phenoxy) is 1. The molecule has 0 fully saturated rings. The average Bonchev–Trinajstić information content (AvgIpc) is 2.48. The molecule has 21 heavy (non-hydrogen) atoms. The van der Waals surface area contributed by atoms with Gasteiger partial charge in [0, 0.05) is 25.3 Å². The Labute approximate surface area is 134 Å². The van der Waals surface area contributed by atoms with E-state index in [0.717, 1.165) is 24.5 Å². The zero-order valence-electron chi connectivity index (χ0n) is 12.0. The van der Waals surface area contributed by atoms with Crippen molar-refractivity contribution in [3.05, 3.63) is 40.0 Å². The van der Waals surface area contributed by atoms with E-state index in [2.05, 4.69) is 22.2 Å². The number of nitrogens with one attached hydrogen (secondary N) is 1. The maximum atomic E-state index is 6.25. The Hall–Kier alpha value is -1.36. The minimum Gasteiger partial charge on any atom is -0.378 e. The molecule has 1 N–H and O–H groups in total. The van der Waals surface area contributed by atoms with Crippen LogP contribution in [0.1, 0.15) is 19.0 Å². The summed E-state index contributed by atoms with van der Waals surface area (Å²) in [7, 11) is 1.63. The predicted octanol–water partition coefficient (Wildman–Crippen LogP) is 4.42. The summed E-state index contributed by atoms with van der Waals surface area (Å²) in [5.41, 5.74) is 1.50. The van der Waals surface area contributed by atoms with Crippen LogP contribution in [0.4, 0.5) is 5.82 Å². The number of benzene rings is 1. The van der Waals surface area contributed by atoms with E-state index in [1.807, 2.05) is 18.2 Å². The fraction of sp³-hybridized carbons (Fsp3) is 0.333. The molecule has 1 aromatic carbocycles. The van der Waals surface area contributed by atoms with Gasteiger partial charge in [-0.05, 0) is 18.6 Å². The molecule has 0 amide bonds. The molecular formula is C15H17Cl2N3O. The summed E-state index contributed by atoms with van der Waals surface area (Å²) >= 11 is 12.3. The Morgan fingerprint density at radius 3 is 2.76 bits per heavy atom. The maximum Gasteiger partial charge on any atom is 0.163 e. The monoisotopic (exact) mass is 325 g/mol. The van der Waals surface area contributed by atoms with Crippen molar-refractivity contribution in [3.63, 3.8) is 0 Å². The highest BCUT2D eigenvalue weighted by Gasteiger charge is 2.12. The van der Waals surface area contributed by atoms with Crippen LogP contribution in [0.25, 0.3) is 11.4 Å². The van der Waals surface area contributed by atoms with Gasteiger partial charge in [0.2, 0.25) is 0 Å². The first-order valence-corrected chi connectivity index (χ1v) is 7.46. The molecule has 0 spiro atoms. The lowest BCUT2D eigenvalue weighted by molar-refractivity contribution is 0.181. The molecule has 1 aromatic heterocycles. The molecule has 4 nitrogen and oxygen atoms in total. The fourth-order valence-electron chi connectivity index (χ4n) is 1.86. The van der Waals surface area contributed by atoms with Gasteiger partial charge in [0.15, 0.2) is 5.82 Å². The molecule has 0 aliphatic carbocycles. The van der Waals surface area contributed by atoms with Gasteiger partial charge >= 0.3 is 0 Å². The second-order valence-electron chi connectivity index (χ2n) is 4.53. The summed E-state index contributed by atoms with van der Waals surface area (Å²) < 4.78 is 5.16. The molecule has 0 saturated heterocycles. The molecule has 0 aliphatic heterocycles. The Morgan fingerprint density at radius 2 is 2.05 bits per heavy atom. The summed E-state index contributed by atoms with van der Waals surface area (Å²) in [5, 5.41) is 4.19. The molecule has 1 heterocycles. The minimum absolute atomic E-state index is 0.411. The number of methoxy groups -OCH3 is 1. The molecule has 112 valence electrons. The van der Waals surface area contributed by atoms with Crippen molar-refractivity contribution in [2.75, 3.05) is 19.0 Å². The summed E-state index contributed by atoms with van der Waals surface area (Å²) in [4.78, 5) is 8.99. The standard InChI is InChI=1S/C15H17Cl2N3O/c1-3-7-18-13-8-10(9-21-2)19-15(20-13)11-5-4-6-12(16)14(11)17/h4-6,8H,3,7,9H2,1-2H3,(H,18,19,20). The van der Waals surface area contributed by atoms with Crippen LogP contribution in [0.15, 0.2) is 24.3 Å². The minimum atomic E-state index is 0.411. The quantitative estimate of drug-likeness (QED) is 0.854. The average molecular weight is 326 g/mol. The molecule has 2 aromatic rings. The Morgan fingerprint density at radius 1 is 1.24 bits per heavy atom. The van der Waals surface area contributed by atoms with Gasteiger partial charge in [0.1, 0.15) is 5.82 Å². The van der Waals surface area contributed by atoms with Crippen LogP contribution in [0.3, 0.4) is 0 Å². The van der Waals surface area contributed by atoms with Crippen LogP contribution < -0.4 is 5.32 Å². The van der Waals surface area contributed by atoms with Crippen molar-refractivity contribution in [1.29, 1.82) is 0 Å². The van der Waals surface area contributed by atoms with Crippen LogP contribution >= 0.6 is 23.2 Å². The van der Waals surface area contributed by atoms with E-state index in [9.17, 15) is 0 Å². The normalized spacial score (nSPS) is 10.7. The van der Waals surface area contributed by atoms with Crippen LogP contribution in [-0.4, -0.2) is 23.6 Å². The van der Waals surface area contributed by atoms with E-state index in [-0.39, 0.29) is 0 Å². The number of hydrogen-bond acceptors (Lipinski definition) is 4. The van der Waals surface area contributed by atoms with Gasteiger partial charge < -0.3 is 10.1 Å². The van der Waals surface area contributed by atoms with Gasteiger partial charge in [0.25, 0.3) is 0 Å². The van der Waals surface area contributed by atoms with Crippen LogP contribution in [0.2, 0.25) is 10.0 Å².